The van der Waals surface area contributed by atoms with Gasteiger partial charge < -0.3 is 10.7 Å². The lowest BCUT2D eigenvalue weighted by Gasteiger charge is -1.94. The van der Waals surface area contributed by atoms with E-state index in [9.17, 15) is 4.79 Å². The number of primary amides is 1. The van der Waals surface area contributed by atoms with Gasteiger partial charge in [-0.05, 0) is 30.5 Å². The largest absolute Gasteiger partial charge is 0.366 e. The van der Waals surface area contributed by atoms with Gasteiger partial charge in [-0.15, -0.1) is 0 Å². The second-order valence-corrected chi connectivity index (χ2v) is 3.12. The highest BCUT2D eigenvalue weighted by molar-refractivity contribution is 5.96. The fourth-order valence-electron chi connectivity index (χ4n) is 1.43. The van der Waals surface area contributed by atoms with Crippen LogP contribution < -0.4 is 5.73 Å². The van der Waals surface area contributed by atoms with Crippen molar-refractivity contribution in [1.82, 2.24) is 4.98 Å². The third kappa shape index (κ3) is 1.28. The Hall–Kier alpha value is -1.77. The standard InChI is InChI=1S/C10H10N2O/c1-6-4-7-2-3-8(10(11)13)5-9(7)12-6/h2-5,12H,1H3,(H2,11,13). The van der Waals surface area contributed by atoms with Gasteiger partial charge in [0.2, 0.25) is 5.91 Å². The molecule has 3 nitrogen and oxygen atoms in total. The van der Waals surface area contributed by atoms with Crippen molar-refractivity contribution in [2.75, 3.05) is 0 Å². The lowest BCUT2D eigenvalue weighted by atomic mass is 10.1. The van der Waals surface area contributed by atoms with Crippen LogP contribution in [0.15, 0.2) is 24.3 Å². The number of aromatic amines is 1. The van der Waals surface area contributed by atoms with Crippen LogP contribution in [-0.2, 0) is 0 Å². The number of carbonyl (C=O) groups is 1. The molecular formula is C10H10N2O. The molecule has 0 bridgehead atoms. The van der Waals surface area contributed by atoms with Crippen molar-refractivity contribution in [2.45, 2.75) is 6.92 Å². The molecule has 1 aromatic carbocycles. The third-order valence-corrected chi connectivity index (χ3v) is 2.04. The van der Waals surface area contributed by atoms with Gasteiger partial charge in [0.05, 0.1) is 0 Å². The minimum atomic E-state index is -0.394. The molecule has 3 N–H and O–H groups in total. The summed E-state index contributed by atoms with van der Waals surface area (Å²) in [6.45, 7) is 1.98. The molecule has 0 aliphatic rings. The number of nitrogens with one attached hydrogen (secondary N) is 1. The van der Waals surface area contributed by atoms with E-state index < -0.39 is 5.91 Å². The quantitative estimate of drug-likeness (QED) is 0.677. The maximum atomic E-state index is 10.9. The maximum absolute atomic E-state index is 10.9. The summed E-state index contributed by atoms with van der Waals surface area (Å²) in [6, 6.07) is 7.42. The van der Waals surface area contributed by atoms with Crippen molar-refractivity contribution in [2.24, 2.45) is 5.73 Å². The second-order valence-electron chi connectivity index (χ2n) is 3.12. The molecule has 2 rings (SSSR count). The summed E-state index contributed by atoms with van der Waals surface area (Å²) >= 11 is 0. The number of rotatable bonds is 1. The third-order valence-electron chi connectivity index (χ3n) is 2.04. The van der Waals surface area contributed by atoms with Crippen molar-refractivity contribution in [3.05, 3.63) is 35.5 Å². The Bertz CT molecular complexity index is 471. The monoisotopic (exact) mass is 174 g/mol. The molecule has 1 aromatic heterocycles. The van der Waals surface area contributed by atoms with Crippen LogP contribution in [0.5, 0.6) is 0 Å². The van der Waals surface area contributed by atoms with E-state index >= 15 is 0 Å². The van der Waals surface area contributed by atoms with Crippen molar-refractivity contribution in [3.8, 4) is 0 Å². The Kier molecular flexibility index (Phi) is 1.59. The molecule has 1 heterocycles. The maximum Gasteiger partial charge on any atom is 0.248 e. The van der Waals surface area contributed by atoms with E-state index in [0.717, 1.165) is 16.6 Å². The number of hydrogen-bond acceptors (Lipinski definition) is 1. The molecule has 0 spiro atoms. The number of carbonyl (C=O) groups excluding carboxylic acids is 1. The second kappa shape index (κ2) is 2.62. The number of amides is 1. The highest BCUT2D eigenvalue weighted by Gasteiger charge is 2.02. The Morgan fingerprint density at radius 2 is 2.15 bits per heavy atom. The molecule has 0 unspecified atom stereocenters. The molecule has 0 aliphatic carbocycles. The zero-order valence-electron chi connectivity index (χ0n) is 7.29. The fourth-order valence-corrected chi connectivity index (χ4v) is 1.43. The van der Waals surface area contributed by atoms with Crippen LogP contribution in [0.1, 0.15) is 16.1 Å². The van der Waals surface area contributed by atoms with Crippen LogP contribution >= 0.6 is 0 Å². The molecule has 0 saturated heterocycles. The van der Waals surface area contributed by atoms with E-state index in [4.69, 9.17) is 5.73 Å². The average Bonchev–Trinajstić information content (AvgIpc) is 2.42. The summed E-state index contributed by atoms with van der Waals surface area (Å²) in [7, 11) is 0. The van der Waals surface area contributed by atoms with Crippen molar-refractivity contribution in [1.29, 1.82) is 0 Å². The van der Waals surface area contributed by atoms with E-state index in [0.29, 0.717) is 5.56 Å². The zero-order valence-corrected chi connectivity index (χ0v) is 7.29. The predicted octanol–water partition coefficient (Wildman–Crippen LogP) is 1.58. The molecular weight excluding hydrogens is 164 g/mol. The van der Waals surface area contributed by atoms with Gasteiger partial charge in [-0.25, -0.2) is 0 Å². The minimum Gasteiger partial charge on any atom is -0.366 e. The van der Waals surface area contributed by atoms with E-state index in [-0.39, 0.29) is 0 Å². The lowest BCUT2D eigenvalue weighted by molar-refractivity contribution is 0.100. The summed E-state index contributed by atoms with van der Waals surface area (Å²) in [5, 5.41) is 1.10. The molecule has 13 heavy (non-hydrogen) atoms. The summed E-state index contributed by atoms with van der Waals surface area (Å²) in [4.78, 5) is 14.0. The van der Waals surface area contributed by atoms with Gasteiger partial charge in [0, 0.05) is 16.8 Å². The van der Waals surface area contributed by atoms with Gasteiger partial charge in [0.15, 0.2) is 0 Å². The molecule has 66 valence electrons. The summed E-state index contributed by atoms with van der Waals surface area (Å²) < 4.78 is 0. The van der Waals surface area contributed by atoms with Crippen LogP contribution in [0, 0.1) is 6.92 Å². The molecule has 0 saturated carbocycles. The van der Waals surface area contributed by atoms with Crippen molar-refractivity contribution >= 4 is 16.8 Å². The molecule has 2 aromatic rings. The number of hydrogen-bond donors (Lipinski definition) is 2. The molecule has 0 aliphatic heterocycles. The van der Waals surface area contributed by atoms with E-state index in [1.165, 1.54) is 0 Å². The first-order valence-corrected chi connectivity index (χ1v) is 4.06. The van der Waals surface area contributed by atoms with Gasteiger partial charge in [-0.1, -0.05) is 6.07 Å². The van der Waals surface area contributed by atoms with Crippen LogP contribution in [0.3, 0.4) is 0 Å². The van der Waals surface area contributed by atoms with E-state index in [1.807, 2.05) is 19.1 Å². The molecule has 1 amide bonds. The SMILES string of the molecule is Cc1cc2ccc(C(N)=O)cc2[nH]1. The molecule has 3 heteroatoms. The van der Waals surface area contributed by atoms with Crippen molar-refractivity contribution in [3.63, 3.8) is 0 Å². The van der Waals surface area contributed by atoms with Gasteiger partial charge in [0.25, 0.3) is 0 Å². The number of benzene rings is 1. The lowest BCUT2D eigenvalue weighted by Crippen LogP contribution is -2.10. The Labute approximate surface area is 75.6 Å². The molecule has 0 fully saturated rings. The summed E-state index contributed by atoms with van der Waals surface area (Å²) in [6.07, 6.45) is 0. The number of H-pyrrole nitrogens is 1. The molecule has 0 atom stereocenters. The predicted molar refractivity (Wildman–Crippen MR) is 51.6 cm³/mol. The first-order chi connectivity index (χ1) is 6.16. The van der Waals surface area contributed by atoms with Gasteiger partial charge in [-0.2, -0.15) is 0 Å². The highest BCUT2D eigenvalue weighted by atomic mass is 16.1. The van der Waals surface area contributed by atoms with Gasteiger partial charge >= 0.3 is 0 Å². The fraction of sp³-hybridized carbons (Fsp3) is 0.100. The summed E-state index contributed by atoms with van der Waals surface area (Å²) in [5.74, 6) is -0.394. The first kappa shape index (κ1) is 7.86. The number of aromatic nitrogens is 1. The van der Waals surface area contributed by atoms with E-state index in [1.54, 1.807) is 12.1 Å². The molecule has 0 radical (unpaired) electrons. The number of fused-ring (bicyclic) bond motifs is 1. The Morgan fingerprint density at radius 1 is 1.38 bits per heavy atom. The van der Waals surface area contributed by atoms with E-state index in [2.05, 4.69) is 4.98 Å². The average molecular weight is 174 g/mol. The van der Waals surface area contributed by atoms with Crippen LogP contribution in [0.25, 0.3) is 10.9 Å². The van der Waals surface area contributed by atoms with Crippen molar-refractivity contribution < 1.29 is 4.79 Å². The Morgan fingerprint density at radius 3 is 2.85 bits per heavy atom. The zero-order chi connectivity index (χ0) is 9.42. The minimum absolute atomic E-state index is 0.394. The van der Waals surface area contributed by atoms with Crippen LogP contribution in [-0.4, -0.2) is 10.9 Å². The first-order valence-electron chi connectivity index (χ1n) is 4.06. The van der Waals surface area contributed by atoms with Crippen LogP contribution in [0.4, 0.5) is 0 Å². The smallest absolute Gasteiger partial charge is 0.248 e. The van der Waals surface area contributed by atoms with Gasteiger partial charge in [0.1, 0.15) is 0 Å². The number of nitrogens with two attached hydrogens (primary N) is 1. The number of aryl methyl sites for hydroxylation is 1. The topological polar surface area (TPSA) is 58.9 Å². The Balaban J connectivity index is 2.67. The normalized spacial score (nSPS) is 10.5. The van der Waals surface area contributed by atoms with Crippen LogP contribution in [0.2, 0.25) is 0 Å². The van der Waals surface area contributed by atoms with Gasteiger partial charge in [-0.3, -0.25) is 4.79 Å². The summed E-state index contributed by atoms with van der Waals surface area (Å²) in [5.41, 5.74) is 7.73. The highest BCUT2D eigenvalue weighted by Crippen LogP contribution is 2.16.